The van der Waals surface area contributed by atoms with Crippen molar-refractivity contribution in [3.05, 3.63) is 82.9 Å². The number of methoxy groups -OCH3 is 1. The van der Waals surface area contributed by atoms with Crippen LogP contribution in [-0.2, 0) is 6.54 Å². The molecule has 5 nitrogen and oxygen atoms in total. The van der Waals surface area contributed by atoms with E-state index in [1.807, 2.05) is 24.3 Å². The normalized spacial score (nSPS) is 10.9. The summed E-state index contributed by atoms with van der Waals surface area (Å²) in [5.41, 5.74) is 1.69. The second-order valence-electron chi connectivity index (χ2n) is 6.18. The molecule has 2 aromatic carbocycles. The third-order valence-electron chi connectivity index (χ3n) is 4.29. The maximum absolute atomic E-state index is 13.5. The molecule has 0 aliphatic heterocycles. The second kappa shape index (κ2) is 8.14. The first kappa shape index (κ1) is 19.3. The van der Waals surface area contributed by atoms with Gasteiger partial charge >= 0.3 is 0 Å². The van der Waals surface area contributed by atoms with Crippen LogP contribution in [0.25, 0.3) is 10.2 Å². The van der Waals surface area contributed by atoms with Crippen molar-refractivity contribution in [1.82, 2.24) is 9.97 Å². The summed E-state index contributed by atoms with van der Waals surface area (Å²) >= 11 is 7.51. The number of aromatic nitrogens is 2. The highest BCUT2D eigenvalue weighted by atomic mass is 35.5. The van der Waals surface area contributed by atoms with Crippen LogP contribution in [0.2, 0.25) is 5.02 Å². The minimum atomic E-state index is -0.505. The molecule has 8 heteroatoms. The Balaban J connectivity index is 1.81. The predicted octanol–water partition coefficient (Wildman–Crippen LogP) is 5.34. The van der Waals surface area contributed by atoms with Gasteiger partial charge in [0.1, 0.15) is 17.1 Å². The Labute approximate surface area is 175 Å². The molecular weight excluding hydrogens is 413 g/mol. The first-order valence-corrected chi connectivity index (χ1v) is 9.85. The summed E-state index contributed by atoms with van der Waals surface area (Å²) in [5.74, 6) is -0.259. The summed E-state index contributed by atoms with van der Waals surface area (Å²) < 4.78 is 19.7. The lowest BCUT2D eigenvalue weighted by Gasteiger charge is -2.20. The SMILES string of the molecule is COc1cccc2sc(N(Cc3cccnc3)C(=O)c3ccc(F)cc3Cl)nc12. The van der Waals surface area contributed by atoms with Gasteiger partial charge in [-0.3, -0.25) is 14.7 Å². The molecule has 0 radical (unpaired) electrons. The summed E-state index contributed by atoms with van der Waals surface area (Å²) in [6.45, 7) is 0.239. The maximum atomic E-state index is 13.5. The van der Waals surface area contributed by atoms with E-state index in [1.54, 1.807) is 25.6 Å². The largest absolute Gasteiger partial charge is 0.494 e. The molecule has 2 aromatic heterocycles. The number of fused-ring (bicyclic) bond motifs is 1. The standard InChI is InChI=1S/C21H15ClFN3O2S/c1-28-17-5-2-6-18-19(17)25-21(29-18)26(12-13-4-3-9-24-11-13)20(27)15-8-7-14(23)10-16(15)22/h2-11H,12H2,1H3. The van der Waals surface area contributed by atoms with E-state index in [2.05, 4.69) is 9.97 Å². The molecule has 0 unspecified atom stereocenters. The van der Waals surface area contributed by atoms with Crippen molar-refractivity contribution in [3.8, 4) is 5.75 Å². The highest BCUT2D eigenvalue weighted by Gasteiger charge is 2.24. The smallest absolute Gasteiger partial charge is 0.261 e. The van der Waals surface area contributed by atoms with Gasteiger partial charge in [0, 0.05) is 12.4 Å². The lowest BCUT2D eigenvalue weighted by molar-refractivity contribution is 0.0985. The quantitative estimate of drug-likeness (QED) is 0.431. The Morgan fingerprint density at radius 2 is 2.10 bits per heavy atom. The van der Waals surface area contributed by atoms with Crippen molar-refractivity contribution in [2.45, 2.75) is 6.54 Å². The van der Waals surface area contributed by atoms with Gasteiger partial charge in [-0.15, -0.1) is 0 Å². The minimum Gasteiger partial charge on any atom is -0.494 e. The molecule has 2 heterocycles. The molecule has 0 aliphatic rings. The molecule has 0 bridgehead atoms. The van der Waals surface area contributed by atoms with Crippen LogP contribution in [0, 0.1) is 5.82 Å². The van der Waals surface area contributed by atoms with Crippen LogP contribution in [0.4, 0.5) is 9.52 Å². The van der Waals surface area contributed by atoms with Gasteiger partial charge in [0.15, 0.2) is 5.13 Å². The number of thiazole rings is 1. The third kappa shape index (κ3) is 3.92. The molecule has 0 spiro atoms. The van der Waals surface area contributed by atoms with Crippen LogP contribution in [0.3, 0.4) is 0 Å². The van der Waals surface area contributed by atoms with E-state index >= 15 is 0 Å². The average Bonchev–Trinajstić information content (AvgIpc) is 3.16. The Hall–Kier alpha value is -3.03. The number of carbonyl (C=O) groups is 1. The third-order valence-corrected chi connectivity index (χ3v) is 5.65. The van der Waals surface area contributed by atoms with Crippen LogP contribution in [-0.4, -0.2) is 23.0 Å². The topological polar surface area (TPSA) is 55.3 Å². The summed E-state index contributed by atoms with van der Waals surface area (Å²) in [6, 6.07) is 13.0. The molecule has 0 atom stereocenters. The minimum absolute atomic E-state index is 0.0462. The molecule has 0 N–H and O–H groups in total. The second-order valence-corrected chi connectivity index (χ2v) is 7.60. The molecule has 0 fully saturated rings. The molecule has 4 rings (SSSR count). The number of anilines is 1. The van der Waals surface area contributed by atoms with Crippen LogP contribution < -0.4 is 9.64 Å². The van der Waals surface area contributed by atoms with Gasteiger partial charge in [-0.25, -0.2) is 9.37 Å². The van der Waals surface area contributed by atoms with E-state index < -0.39 is 5.82 Å². The molecule has 146 valence electrons. The van der Waals surface area contributed by atoms with Crippen LogP contribution in [0.1, 0.15) is 15.9 Å². The first-order valence-electron chi connectivity index (χ1n) is 8.66. The molecule has 4 aromatic rings. The Kier molecular flexibility index (Phi) is 5.42. The van der Waals surface area contributed by atoms with Crippen LogP contribution in [0.15, 0.2) is 60.9 Å². The molecule has 0 saturated carbocycles. The number of halogens is 2. The monoisotopic (exact) mass is 427 g/mol. The van der Waals surface area contributed by atoms with Crippen LogP contribution in [0.5, 0.6) is 5.75 Å². The Morgan fingerprint density at radius 1 is 1.24 bits per heavy atom. The number of benzene rings is 2. The number of rotatable bonds is 5. The van der Waals surface area contributed by atoms with Gasteiger partial charge in [0.25, 0.3) is 5.91 Å². The van der Waals surface area contributed by atoms with Gasteiger partial charge < -0.3 is 4.74 Å². The number of ether oxygens (including phenoxy) is 1. The number of para-hydroxylation sites is 1. The number of nitrogens with zero attached hydrogens (tertiary/aromatic N) is 3. The number of hydrogen-bond acceptors (Lipinski definition) is 5. The van der Waals surface area contributed by atoms with Gasteiger partial charge in [0.2, 0.25) is 0 Å². The van der Waals surface area contributed by atoms with E-state index in [9.17, 15) is 9.18 Å². The molecule has 0 aliphatic carbocycles. The zero-order valence-corrected chi connectivity index (χ0v) is 16.9. The number of hydrogen-bond donors (Lipinski definition) is 0. The molecular formula is C21H15ClFN3O2S. The lowest BCUT2D eigenvalue weighted by atomic mass is 10.2. The highest BCUT2D eigenvalue weighted by molar-refractivity contribution is 7.22. The predicted molar refractivity (Wildman–Crippen MR) is 112 cm³/mol. The molecule has 29 heavy (non-hydrogen) atoms. The maximum Gasteiger partial charge on any atom is 0.261 e. The Bertz CT molecular complexity index is 1180. The summed E-state index contributed by atoms with van der Waals surface area (Å²) in [5, 5.41) is 0.531. The van der Waals surface area contributed by atoms with Gasteiger partial charge in [0.05, 0.1) is 28.9 Å². The highest BCUT2D eigenvalue weighted by Crippen LogP contribution is 2.35. The van der Waals surface area contributed by atoms with E-state index in [1.165, 1.54) is 28.4 Å². The number of amides is 1. The van der Waals surface area contributed by atoms with Crippen molar-refractivity contribution >= 4 is 44.2 Å². The zero-order valence-electron chi connectivity index (χ0n) is 15.3. The first-order chi connectivity index (χ1) is 14.1. The van der Waals surface area contributed by atoms with Gasteiger partial charge in [-0.05, 0) is 42.0 Å². The zero-order chi connectivity index (χ0) is 20.4. The van der Waals surface area contributed by atoms with E-state index in [0.717, 1.165) is 16.3 Å². The fraction of sp³-hybridized carbons (Fsp3) is 0.0952. The van der Waals surface area contributed by atoms with Crippen molar-refractivity contribution in [2.75, 3.05) is 12.0 Å². The van der Waals surface area contributed by atoms with Gasteiger partial charge in [-0.1, -0.05) is 35.1 Å². The van der Waals surface area contributed by atoms with E-state index in [-0.39, 0.29) is 23.0 Å². The lowest BCUT2D eigenvalue weighted by Crippen LogP contribution is -2.30. The summed E-state index contributed by atoms with van der Waals surface area (Å²) in [6.07, 6.45) is 3.34. The van der Waals surface area contributed by atoms with Crippen molar-refractivity contribution in [3.63, 3.8) is 0 Å². The average molecular weight is 428 g/mol. The van der Waals surface area contributed by atoms with Crippen molar-refractivity contribution in [2.24, 2.45) is 0 Å². The number of carbonyl (C=O) groups excluding carboxylic acids is 1. The van der Waals surface area contributed by atoms with E-state index in [0.29, 0.717) is 16.4 Å². The molecule has 1 amide bonds. The summed E-state index contributed by atoms with van der Waals surface area (Å²) in [7, 11) is 1.57. The summed E-state index contributed by atoms with van der Waals surface area (Å²) in [4.78, 5) is 23.6. The van der Waals surface area contributed by atoms with E-state index in [4.69, 9.17) is 16.3 Å². The van der Waals surface area contributed by atoms with Crippen LogP contribution >= 0.6 is 22.9 Å². The van der Waals surface area contributed by atoms with Crippen molar-refractivity contribution in [1.29, 1.82) is 0 Å². The number of pyridine rings is 1. The fourth-order valence-corrected chi connectivity index (χ4v) is 4.13. The Morgan fingerprint density at radius 3 is 2.83 bits per heavy atom. The molecule has 0 saturated heterocycles. The van der Waals surface area contributed by atoms with Gasteiger partial charge in [-0.2, -0.15) is 0 Å². The fourth-order valence-electron chi connectivity index (χ4n) is 2.90. The van der Waals surface area contributed by atoms with Crippen molar-refractivity contribution < 1.29 is 13.9 Å².